The largest absolute Gasteiger partial charge is 0.486 e. The molecule has 3 nitrogen and oxygen atoms in total. The van der Waals surface area contributed by atoms with Crippen LogP contribution in [0.1, 0.15) is 11.6 Å². The minimum atomic E-state index is -5.71. The third-order valence-corrected chi connectivity index (χ3v) is 2.69. The molecule has 1 aliphatic heterocycles. The lowest BCUT2D eigenvalue weighted by atomic mass is 10.0. The van der Waals surface area contributed by atoms with Gasteiger partial charge in [0.25, 0.3) is 0 Å². The van der Waals surface area contributed by atoms with Gasteiger partial charge in [-0.15, -0.1) is 0 Å². The van der Waals surface area contributed by atoms with Crippen molar-refractivity contribution in [2.75, 3.05) is 13.2 Å². The fraction of sp³-hybridized carbons (Fsp3) is 0.455. The minimum Gasteiger partial charge on any atom is -0.486 e. The van der Waals surface area contributed by atoms with E-state index in [0.717, 1.165) is 12.1 Å². The number of nitrogens with two attached hydrogens (primary N) is 1. The molecule has 0 fully saturated rings. The van der Waals surface area contributed by atoms with Crippen LogP contribution in [0, 0.1) is 0 Å². The van der Waals surface area contributed by atoms with Crippen molar-refractivity contribution in [2.24, 2.45) is 5.73 Å². The molecule has 8 heteroatoms. The maximum atomic E-state index is 13.1. The van der Waals surface area contributed by atoms with Crippen LogP contribution in [0.5, 0.6) is 11.5 Å². The summed E-state index contributed by atoms with van der Waals surface area (Å²) in [6.07, 6.45) is -5.71. The number of ether oxygens (including phenoxy) is 2. The van der Waals surface area contributed by atoms with Gasteiger partial charge in [0.15, 0.2) is 11.5 Å². The Morgan fingerprint density at radius 2 is 1.58 bits per heavy atom. The number of hydrogen-bond donors (Lipinski definition) is 1. The Bertz CT molecular complexity index is 475. The Morgan fingerprint density at radius 1 is 1.00 bits per heavy atom. The monoisotopic (exact) mass is 283 g/mol. The highest BCUT2D eigenvalue weighted by atomic mass is 19.4. The van der Waals surface area contributed by atoms with E-state index in [1.807, 2.05) is 0 Å². The number of fused-ring (bicyclic) bond motifs is 1. The molecule has 1 aromatic rings. The highest BCUT2D eigenvalue weighted by Gasteiger charge is 2.61. The molecule has 2 N–H and O–H groups in total. The molecule has 0 saturated carbocycles. The summed E-state index contributed by atoms with van der Waals surface area (Å²) in [5, 5.41) is 0. The van der Waals surface area contributed by atoms with Gasteiger partial charge in [0.05, 0.1) is 0 Å². The van der Waals surface area contributed by atoms with Gasteiger partial charge in [-0.3, -0.25) is 0 Å². The third-order valence-electron chi connectivity index (χ3n) is 2.69. The first-order valence-corrected chi connectivity index (χ1v) is 5.33. The Balaban J connectivity index is 2.32. The first kappa shape index (κ1) is 13.9. The summed E-state index contributed by atoms with van der Waals surface area (Å²) in [6.45, 7) is 0.485. The van der Waals surface area contributed by atoms with E-state index in [0.29, 0.717) is 0 Å². The molecule has 0 unspecified atom stereocenters. The van der Waals surface area contributed by atoms with Crippen LogP contribution in [0.15, 0.2) is 18.2 Å². The molecule has 0 aliphatic carbocycles. The van der Waals surface area contributed by atoms with Crippen molar-refractivity contribution < 1.29 is 31.4 Å². The van der Waals surface area contributed by atoms with E-state index >= 15 is 0 Å². The molecule has 106 valence electrons. The van der Waals surface area contributed by atoms with Gasteiger partial charge in [-0.2, -0.15) is 22.0 Å². The smallest absolute Gasteiger partial charge is 0.455 e. The zero-order valence-corrected chi connectivity index (χ0v) is 9.51. The summed E-state index contributed by atoms with van der Waals surface area (Å²) >= 11 is 0. The zero-order chi connectivity index (χ0) is 14.3. The molecule has 2 rings (SSSR count). The van der Waals surface area contributed by atoms with E-state index in [1.165, 1.54) is 6.07 Å². The number of alkyl halides is 5. The van der Waals surface area contributed by atoms with Crippen LogP contribution in [0.4, 0.5) is 22.0 Å². The van der Waals surface area contributed by atoms with E-state index in [1.54, 1.807) is 0 Å². The van der Waals surface area contributed by atoms with Crippen molar-refractivity contribution >= 4 is 0 Å². The van der Waals surface area contributed by atoms with Crippen LogP contribution in [0.2, 0.25) is 0 Å². The average molecular weight is 283 g/mol. The molecular weight excluding hydrogens is 273 g/mol. The quantitative estimate of drug-likeness (QED) is 0.849. The van der Waals surface area contributed by atoms with E-state index in [-0.39, 0.29) is 30.3 Å². The lowest BCUT2D eigenvalue weighted by Gasteiger charge is -2.27. The lowest BCUT2D eigenvalue weighted by molar-refractivity contribution is -0.291. The summed E-state index contributed by atoms with van der Waals surface area (Å²) in [6, 6.07) is 0.871. The Kier molecular flexibility index (Phi) is 3.29. The molecule has 0 spiro atoms. The van der Waals surface area contributed by atoms with Gasteiger partial charge >= 0.3 is 12.1 Å². The van der Waals surface area contributed by atoms with Gasteiger partial charge in [0, 0.05) is 0 Å². The number of rotatable bonds is 2. The first-order chi connectivity index (χ1) is 8.73. The fourth-order valence-corrected chi connectivity index (χ4v) is 1.64. The zero-order valence-electron chi connectivity index (χ0n) is 9.51. The highest BCUT2D eigenvalue weighted by molar-refractivity contribution is 5.45. The molecule has 0 saturated heterocycles. The summed E-state index contributed by atoms with van der Waals surface area (Å²) < 4.78 is 73.1. The summed E-state index contributed by atoms with van der Waals surface area (Å²) in [7, 11) is 0. The summed E-state index contributed by atoms with van der Waals surface area (Å²) in [4.78, 5) is 0. The number of halogens is 5. The second kappa shape index (κ2) is 4.52. The summed E-state index contributed by atoms with van der Waals surface area (Å²) in [5.74, 6) is -4.62. The molecule has 1 atom stereocenters. The highest BCUT2D eigenvalue weighted by Crippen LogP contribution is 2.44. The molecule has 1 heterocycles. The van der Waals surface area contributed by atoms with Crippen molar-refractivity contribution in [1.29, 1.82) is 0 Å². The molecule has 0 bridgehead atoms. The number of hydrogen-bond acceptors (Lipinski definition) is 3. The molecular formula is C11H10F5NO2. The van der Waals surface area contributed by atoms with Gasteiger partial charge in [0.1, 0.15) is 19.3 Å². The van der Waals surface area contributed by atoms with E-state index in [9.17, 15) is 22.0 Å². The average Bonchev–Trinajstić information content (AvgIpc) is 2.36. The van der Waals surface area contributed by atoms with Crippen molar-refractivity contribution in [3.8, 4) is 11.5 Å². The standard InChI is InChI=1S/C11H10F5NO2/c12-10(13,11(14,15)16)9(17)6-1-2-7-8(5-6)19-4-3-18-7/h1-2,5,9H,3-4,17H2/t9-/m1/s1. The van der Waals surface area contributed by atoms with E-state index in [2.05, 4.69) is 0 Å². The van der Waals surface area contributed by atoms with Crippen LogP contribution >= 0.6 is 0 Å². The van der Waals surface area contributed by atoms with Crippen LogP contribution in [-0.4, -0.2) is 25.3 Å². The Labute approximate surface area is 105 Å². The molecule has 19 heavy (non-hydrogen) atoms. The van der Waals surface area contributed by atoms with Crippen LogP contribution in [0.3, 0.4) is 0 Å². The SMILES string of the molecule is N[C@H](c1ccc2c(c1)OCCO2)C(F)(F)C(F)(F)F. The first-order valence-electron chi connectivity index (χ1n) is 5.33. The summed E-state index contributed by atoms with van der Waals surface area (Å²) in [5.41, 5.74) is 4.66. The Hall–Kier alpha value is -1.57. The van der Waals surface area contributed by atoms with E-state index in [4.69, 9.17) is 15.2 Å². The Morgan fingerprint density at radius 3 is 2.16 bits per heavy atom. The van der Waals surface area contributed by atoms with Gasteiger partial charge in [0.2, 0.25) is 0 Å². The minimum absolute atomic E-state index is 0.108. The van der Waals surface area contributed by atoms with Crippen molar-refractivity contribution in [2.45, 2.75) is 18.1 Å². The van der Waals surface area contributed by atoms with Crippen molar-refractivity contribution in [3.63, 3.8) is 0 Å². The van der Waals surface area contributed by atoms with Crippen LogP contribution in [-0.2, 0) is 0 Å². The molecule has 0 radical (unpaired) electrons. The molecule has 0 aromatic heterocycles. The van der Waals surface area contributed by atoms with E-state index < -0.39 is 18.1 Å². The second-order valence-corrected chi connectivity index (χ2v) is 4.00. The maximum absolute atomic E-state index is 13.1. The van der Waals surface area contributed by atoms with Gasteiger partial charge in [-0.1, -0.05) is 6.07 Å². The van der Waals surface area contributed by atoms with Gasteiger partial charge in [-0.05, 0) is 17.7 Å². The van der Waals surface area contributed by atoms with Crippen molar-refractivity contribution in [3.05, 3.63) is 23.8 Å². The normalized spacial score (nSPS) is 17.2. The van der Waals surface area contributed by atoms with Gasteiger partial charge < -0.3 is 15.2 Å². The van der Waals surface area contributed by atoms with Crippen molar-refractivity contribution in [1.82, 2.24) is 0 Å². The number of benzene rings is 1. The lowest BCUT2D eigenvalue weighted by Crippen LogP contribution is -2.45. The van der Waals surface area contributed by atoms with Crippen LogP contribution in [0.25, 0.3) is 0 Å². The van der Waals surface area contributed by atoms with Crippen LogP contribution < -0.4 is 15.2 Å². The third kappa shape index (κ3) is 2.44. The van der Waals surface area contributed by atoms with Gasteiger partial charge in [-0.25, -0.2) is 0 Å². The molecule has 0 amide bonds. The predicted octanol–water partition coefficient (Wildman–Crippen LogP) is 2.66. The molecule has 1 aromatic carbocycles. The maximum Gasteiger partial charge on any atom is 0.455 e. The fourth-order valence-electron chi connectivity index (χ4n) is 1.64. The predicted molar refractivity (Wildman–Crippen MR) is 55.4 cm³/mol. The second-order valence-electron chi connectivity index (χ2n) is 4.00. The molecule has 1 aliphatic rings. The topological polar surface area (TPSA) is 44.5 Å².